The van der Waals surface area contributed by atoms with Gasteiger partial charge in [0.15, 0.2) is 5.54 Å². The van der Waals surface area contributed by atoms with Gasteiger partial charge in [-0.3, -0.25) is 9.69 Å². The van der Waals surface area contributed by atoms with Gasteiger partial charge in [-0.05, 0) is 60.8 Å². The number of carbonyl (C=O) groups excluding carboxylic acids is 2. The van der Waals surface area contributed by atoms with Crippen LogP contribution in [0.1, 0.15) is 41.0 Å². The van der Waals surface area contributed by atoms with E-state index in [0.29, 0.717) is 28.7 Å². The number of ether oxygens (including phenoxy) is 1. The Balaban J connectivity index is 1.42. The average Bonchev–Trinajstić information content (AvgIpc) is 3.76. The Labute approximate surface area is 259 Å². The molecule has 4 atom stereocenters. The van der Waals surface area contributed by atoms with Crippen molar-refractivity contribution in [2.45, 2.75) is 42.4 Å². The Hall–Kier alpha value is -3.97. The molecule has 4 aliphatic rings. The molecule has 214 valence electrons. The molecule has 4 heterocycles. The van der Waals surface area contributed by atoms with E-state index in [0.717, 1.165) is 35.2 Å². The highest BCUT2D eigenvalue weighted by Crippen LogP contribution is 2.66. The monoisotopic (exact) mass is 607 g/mol. The number of cyclic esters (lactones) is 1. The summed E-state index contributed by atoms with van der Waals surface area (Å²) < 4.78 is 6.11. The van der Waals surface area contributed by atoms with Crippen LogP contribution in [0, 0.1) is 0 Å². The Kier molecular flexibility index (Phi) is 6.06. The summed E-state index contributed by atoms with van der Waals surface area (Å²) >= 11 is 13.0. The van der Waals surface area contributed by atoms with Gasteiger partial charge in [-0.25, -0.2) is 9.79 Å². The summed E-state index contributed by atoms with van der Waals surface area (Å²) in [6.07, 6.45) is 1.69. The molecule has 43 heavy (non-hydrogen) atoms. The van der Waals surface area contributed by atoms with Crippen LogP contribution >= 0.6 is 23.2 Å². The van der Waals surface area contributed by atoms with E-state index in [1.807, 2.05) is 102 Å². The molecule has 2 fully saturated rings. The first-order valence-corrected chi connectivity index (χ1v) is 15.3. The van der Waals surface area contributed by atoms with Crippen LogP contribution in [-0.4, -0.2) is 40.8 Å². The number of benzene rings is 4. The molecule has 4 aromatic rings. The van der Waals surface area contributed by atoms with Crippen molar-refractivity contribution in [2.75, 3.05) is 11.4 Å². The molecule has 0 aromatic heterocycles. The molecule has 0 bridgehead atoms. The lowest BCUT2D eigenvalue weighted by Gasteiger charge is -2.41. The van der Waals surface area contributed by atoms with Gasteiger partial charge in [-0.1, -0.05) is 96.0 Å². The van der Waals surface area contributed by atoms with Crippen LogP contribution in [0.3, 0.4) is 0 Å². The highest BCUT2D eigenvalue weighted by Gasteiger charge is 2.81. The number of halogens is 2. The predicted molar refractivity (Wildman–Crippen MR) is 166 cm³/mol. The van der Waals surface area contributed by atoms with E-state index in [1.54, 1.807) is 6.07 Å². The smallest absolute Gasteiger partial charge is 0.344 e. The van der Waals surface area contributed by atoms with Crippen LogP contribution in [0.15, 0.2) is 108 Å². The summed E-state index contributed by atoms with van der Waals surface area (Å²) in [4.78, 5) is 39.4. The number of carbonyl (C=O) groups is 2. The molecule has 6 nitrogen and oxygen atoms in total. The normalized spacial score (nSPS) is 27.6. The second-order valence-electron chi connectivity index (χ2n) is 11.6. The number of esters is 1. The first-order valence-electron chi connectivity index (χ1n) is 14.5. The van der Waals surface area contributed by atoms with Crippen LogP contribution in [-0.2, 0) is 26.4 Å². The average molecular weight is 609 g/mol. The minimum Gasteiger partial charge on any atom is -0.405 e. The van der Waals surface area contributed by atoms with Crippen LogP contribution in [0.2, 0.25) is 10.0 Å². The third kappa shape index (κ3) is 3.54. The molecule has 8 heteroatoms. The predicted octanol–water partition coefficient (Wildman–Crippen LogP) is 6.74. The van der Waals surface area contributed by atoms with E-state index in [2.05, 4.69) is 4.90 Å². The fourth-order valence-electron chi connectivity index (χ4n) is 7.97. The number of para-hydroxylation sites is 1. The maximum absolute atomic E-state index is 15.3. The van der Waals surface area contributed by atoms with Gasteiger partial charge in [0, 0.05) is 28.8 Å². The van der Waals surface area contributed by atoms with Gasteiger partial charge < -0.3 is 9.64 Å². The highest BCUT2D eigenvalue weighted by atomic mass is 35.5. The number of nitrogens with zero attached hydrogens (tertiary/aromatic N) is 3. The lowest BCUT2D eigenvalue weighted by molar-refractivity contribution is -0.148. The van der Waals surface area contributed by atoms with Crippen molar-refractivity contribution >= 4 is 46.7 Å². The van der Waals surface area contributed by atoms with Crippen molar-refractivity contribution in [3.8, 4) is 0 Å². The van der Waals surface area contributed by atoms with Gasteiger partial charge >= 0.3 is 5.97 Å². The third-order valence-electron chi connectivity index (χ3n) is 9.54. The zero-order chi connectivity index (χ0) is 29.3. The van der Waals surface area contributed by atoms with Crippen molar-refractivity contribution in [3.05, 3.63) is 135 Å². The van der Waals surface area contributed by atoms with E-state index in [-0.39, 0.29) is 17.8 Å². The maximum atomic E-state index is 15.3. The summed E-state index contributed by atoms with van der Waals surface area (Å²) in [5.41, 5.74) is 1.04. The molecule has 2 spiro atoms. The second kappa shape index (κ2) is 9.78. The summed E-state index contributed by atoms with van der Waals surface area (Å²) in [7, 11) is 0. The molecule has 1 amide bonds. The van der Waals surface area contributed by atoms with E-state index >= 15 is 4.79 Å². The third-order valence-corrected chi connectivity index (χ3v) is 10.3. The van der Waals surface area contributed by atoms with Crippen molar-refractivity contribution in [1.29, 1.82) is 0 Å². The quantitative estimate of drug-likeness (QED) is 0.241. The van der Waals surface area contributed by atoms with Crippen molar-refractivity contribution in [1.82, 2.24) is 4.90 Å². The number of hydrogen-bond donors (Lipinski definition) is 0. The molecule has 0 unspecified atom stereocenters. The fraction of sp³-hybridized carbons (Fsp3) is 0.229. The molecule has 0 saturated carbocycles. The highest BCUT2D eigenvalue weighted by molar-refractivity contribution is 6.42. The molecular formula is C35H27Cl2N3O3. The van der Waals surface area contributed by atoms with Crippen molar-refractivity contribution in [2.24, 2.45) is 4.99 Å². The lowest BCUT2D eigenvalue weighted by Crippen LogP contribution is -2.63. The number of amides is 1. The van der Waals surface area contributed by atoms with Crippen molar-refractivity contribution in [3.63, 3.8) is 0 Å². The largest absolute Gasteiger partial charge is 0.405 e. The lowest BCUT2D eigenvalue weighted by atomic mass is 9.66. The molecule has 0 radical (unpaired) electrons. The zero-order valence-electron chi connectivity index (χ0n) is 23.1. The number of anilines is 1. The summed E-state index contributed by atoms with van der Waals surface area (Å²) in [6, 6.07) is 32.5. The molecule has 2 saturated heterocycles. The molecule has 4 aliphatic heterocycles. The zero-order valence-corrected chi connectivity index (χ0v) is 24.6. The van der Waals surface area contributed by atoms with Gasteiger partial charge in [0.1, 0.15) is 0 Å². The van der Waals surface area contributed by atoms with Crippen LogP contribution in [0.25, 0.3) is 0 Å². The molecule has 0 aliphatic carbocycles. The van der Waals surface area contributed by atoms with Gasteiger partial charge in [-0.2, -0.15) is 0 Å². The number of fused-ring (bicyclic) bond motifs is 5. The van der Waals surface area contributed by atoms with Gasteiger partial charge in [0.2, 0.25) is 11.4 Å². The SMILES string of the molecule is O=C1OC(c2ccccc2)=N[C@@]12[C@H](c1ccc(Cl)c(Cl)c1)[C@H]1CCCN1[C@]21C(=O)N(Cc2ccccc2)c2ccccc21. The number of hydrogen-bond acceptors (Lipinski definition) is 5. The Morgan fingerprint density at radius 1 is 0.860 bits per heavy atom. The van der Waals surface area contributed by atoms with E-state index in [4.69, 9.17) is 32.9 Å². The Morgan fingerprint density at radius 2 is 1.58 bits per heavy atom. The van der Waals surface area contributed by atoms with Gasteiger partial charge in [0.05, 0.1) is 16.6 Å². The molecule has 8 rings (SSSR count). The topological polar surface area (TPSA) is 62.2 Å². The van der Waals surface area contributed by atoms with E-state index < -0.39 is 23.0 Å². The van der Waals surface area contributed by atoms with Crippen LogP contribution in [0.5, 0.6) is 0 Å². The fourth-order valence-corrected chi connectivity index (χ4v) is 8.28. The summed E-state index contributed by atoms with van der Waals surface area (Å²) in [5.74, 6) is -0.973. The van der Waals surface area contributed by atoms with E-state index in [9.17, 15) is 4.79 Å². The minimum atomic E-state index is -1.60. The van der Waals surface area contributed by atoms with Crippen molar-refractivity contribution < 1.29 is 14.3 Å². The minimum absolute atomic E-state index is 0.155. The molecule has 4 aromatic carbocycles. The number of rotatable bonds is 4. The first-order chi connectivity index (χ1) is 21.0. The summed E-state index contributed by atoms with van der Waals surface area (Å²) in [5, 5.41) is 0.816. The first kappa shape index (κ1) is 26.6. The van der Waals surface area contributed by atoms with Gasteiger partial charge in [0.25, 0.3) is 5.91 Å². The maximum Gasteiger partial charge on any atom is 0.344 e. The van der Waals surface area contributed by atoms with Gasteiger partial charge in [-0.15, -0.1) is 0 Å². The Morgan fingerprint density at radius 3 is 2.35 bits per heavy atom. The van der Waals surface area contributed by atoms with Crippen LogP contribution < -0.4 is 4.90 Å². The standard InChI is InChI=1S/C35H27Cl2N3O3/c36-26-18-17-24(20-27(26)37)30-29-16-9-19-40(29)35(34(30)33(42)43-31(38-34)23-12-5-2-6-13-23)25-14-7-8-15-28(25)39(32(35)41)21-22-10-3-1-4-11-22/h1-8,10-15,17-18,20,29-30H,9,16,19,21H2/t29-,30-,34+,35-/m1/s1. The van der Waals surface area contributed by atoms with E-state index in [1.165, 1.54) is 0 Å². The van der Waals surface area contributed by atoms with Crippen LogP contribution in [0.4, 0.5) is 5.69 Å². The second-order valence-corrected chi connectivity index (χ2v) is 12.4. The number of aliphatic imine (C=N–C) groups is 1. The molecular weight excluding hydrogens is 581 g/mol. The Bertz CT molecular complexity index is 1810. The molecule has 0 N–H and O–H groups in total. The summed E-state index contributed by atoms with van der Waals surface area (Å²) in [6.45, 7) is 1.02.